The van der Waals surface area contributed by atoms with Crippen molar-refractivity contribution in [3.8, 4) is 12.3 Å². The highest BCUT2D eigenvalue weighted by Crippen LogP contribution is 2.22. The van der Waals surface area contributed by atoms with Crippen LogP contribution in [0.25, 0.3) is 0 Å². The number of amides is 2. The number of carbonyl (C=O) groups is 2. The van der Waals surface area contributed by atoms with E-state index < -0.39 is 21.8 Å². The lowest BCUT2D eigenvalue weighted by molar-refractivity contribution is -0.116. The van der Waals surface area contributed by atoms with Crippen molar-refractivity contribution in [1.29, 1.82) is 0 Å². The molecule has 0 bridgehead atoms. The van der Waals surface area contributed by atoms with Crippen LogP contribution in [0.3, 0.4) is 0 Å². The summed E-state index contributed by atoms with van der Waals surface area (Å²) in [6, 6.07) is 18.6. The molecule has 0 saturated heterocycles. The van der Waals surface area contributed by atoms with Crippen molar-refractivity contribution in [2.75, 3.05) is 23.6 Å². The Morgan fingerprint density at radius 1 is 1.03 bits per heavy atom. The summed E-state index contributed by atoms with van der Waals surface area (Å²) in [5.41, 5.74) is 1.30. The zero-order valence-electron chi connectivity index (χ0n) is 17.6. The fourth-order valence-corrected chi connectivity index (χ4v) is 4.16. The van der Waals surface area contributed by atoms with E-state index in [1.807, 2.05) is 0 Å². The first-order valence-electron chi connectivity index (χ1n) is 9.69. The Balaban J connectivity index is 1.74. The van der Waals surface area contributed by atoms with Gasteiger partial charge in [-0.25, -0.2) is 8.42 Å². The molecule has 33 heavy (non-hydrogen) atoms. The van der Waals surface area contributed by atoms with E-state index in [0.29, 0.717) is 16.3 Å². The molecule has 0 aromatic heterocycles. The molecule has 0 atom stereocenters. The maximum atomic E-state index is 13.0. The number of nitrogens with one attached hydrogen (secondary N) is 2. The number of terminal acetylenes is 1. The Bertz CT molecular complexity index is 1330. The van der Waals surface area contributed by atoms with E-state index in [1.54, 1.807) is 36.4 Å². The number of sulfonamides is 1. The molecule has 3 aromatic carbocycles. The number of benzene rings is 3. The van der Waals surface area contributed by atoms with Gasteiger partial charge in [-0.1, -0.05) is 35.7 Å². The van der Waals surface area contributed by atoms with Gasteiger partial charge in [-0.2, -0.15) is 0 Å². The average molecular weight is 482 g/mol. The number of carbonyl (C=O) groups excluding carboxylic acids is 2. The van der Waals surface area contributed by atoms with Gasteiger partial charge in [0.1, 0.15) is 0 Å². The average Bonchev–Trinajstić information content (AvgIpc) is 2.79. The SMILES string of the molecule is C#Cc1cccc(NC(=O)CN(C)C(=O)c2ccccc2NS(=O)(=O)c2ccc(Cl)cc2)c1. The molecular weight excluding hydrogens is 462 g/mol. The molecule has 0 fully saturated rings. The first-order chi connectivity index (χ1) is 15.7. The Morgan fingerprint density at radius 2 is 1.73 bits per heavy atom. The van der Waals surface area contributed by atoms with Crippen molar-refractivity contribution >= 4 is 44.8 Å². The van der Waals surface area contributed by atoms with Crippen LogP contribution in [0.1, 0.15) is 15.9 Å². The minimum atomic E-state index is -3.96. The number of para-hydroxylation sites is 1. The predicted octanol–water partition coefficient (Wildman–Crippen LogP) is 3.83. The molecule has 0 aliphatic carbocycles. The van der Waals surface area contributed by atoms with Crippen LogP contribution in [0.15, 0.2) is 77.7 Å². The van der Waals surface area contributed by atoms with E-state index in [2.05, 4.69) is 16.0 Å². The standard InChI is InChI=1S/C24H20ClN3O4S/c1-3-17-7-6-8-19(15-17)26-23(29)16-28(2)24(30)21-9-4-5-10-22(21)27-33(31,32)20-13-11-18(25)12-14-20/h1,4-15,27H,16H2,2H3,(H,26,29). The van der Waals surface area contributed by atoms with Crippen molar-refractivity contribution in [3.63, 3.8) is 0 Å². The normalized spacial score (nSPS) is 10.7. The first-order valence-corrected chi connectivity index (χ1v) is 11.5. The van der Waals surface area contributed by atoms with Crippen molar-refractivity contribution < 1.29 is 18.0 Å². The van der Waals surface area contributed by atoms with Gasteiger partial charge in [0.05, 0.1) is 22.7 Å². The fourth-order valence-electron chi connectivity index (χ4n) is 2.96. The van der Waals surface area contributed by atoms with Gasteiger partial charge in [0.2, 0.25) is 5.91 Å². The van der Waals surface area contributed by atoms with Crippen molar-refractivity contribution in [2.24, 2.45) is 0 Å². The number of anilines is 2. The molecule has 168 valence electrons. The van der Waals surface area contributed by atoms with Crippen LogP contribution in [0, 0.1) is 12.3 Å². The van der Waals surface area contributed by atoms with E-state index in [4.69, 9.17) is 18.0 Å². The van der Waals surface area contributed by atoms with Gasteiger partial charge in [-0.3, -0.25) is 14.3 Å². The minimum Gasteiger partial charge on any atom is -0.332 e. The summed E-state index contributed by atoms with van der Waals surface area (Å²) in [7, 11) is -2.51. The highest BCUT2D eigenvalue weighted by atomic mass is 35.5. The first kappa shape index (κ1) is 23.9. The smallest absolute Gasteiger partial charge is 0.261 e. The van der Waals surface area contributed by atoms with Gasteiger partial charge in [0.25, 0.3) is 15.9 Å². The summed E-state index contributed by atoms with van der Waals surface area (Å²) < 4.78 is 27.9. The Morgan fingerprint density at radius 3 is 2.42 bits per heavy atom. The van der Waals surface area contributed by atoms with Gasteiger partial charge < -0.3 is 10.2 Å². The summed E-state index contributed by atoms with van der Waals surface area (Å²) in [4.78, 5) is 26.6. The molecule has 0 spiro atoms. The molecule has 3 rings (SSSR count). The monoisotopic (exact) mass is 481 g/mol. The van der Waals surface area contributed by atoms with E-state index in [0.717, 1.165) is 0 Å². The van der Waals surface area contributed by atoms with Crippen LogP contribution in [-0.2, 0) is 14.8 Å². The van der Waals surface area contributed by atoms with Crippen molar-refractivity contribution in [2.45, 2.75) is 4.90 Å². The zero-order chi connectivity index (χ0) is 24.0. The van der Waals surface area contributed by atoms with E-state index in [-0.39, 0.29) is 22.7 Å². The van der Waals surface area contributed by atoms with Crippen LogP contribution in [0.2, 0.25) is 5.02 Å². The predicted molar refractivity (Wildman–Crippen MR) is 129 cm³/mol. The third-order valence-electron chi connectivity index (χ3n) is 4.57. The summed E-state index contributed by atoms with van der Waals surface area (Å²) in [5.74, 6) is 1.52. The van der Waals surface area contributed by atoms with Crippen LogP contribution in [0.4, 0.5) is 11.4 Å². The quantitative estimate of drug-likeness (QED) is 0.501. The van der Waals surface area contributed by atoms with Crippen LogP contribution in [0.5, 0.6) is 0 Å². The van der Waals surface area contributed by atoms with Crippen LogP contribution < -0.4 is 10.0 Å². The van der Waals surface area contributed by atoms with Gasteiger partial charge in [-0.05, 0) is 54.6 Å². The second kappa shape index (κ2) is 10.2. The molecule has 2 N–H and O–H groups in total. The Kier molecular flexibility index (Phi) is 7.38. The molecule has 2 amide bonds. The third kappa shape index (κ3) is 6.13. The maximum absolute atomic E-state index is 13.0. The topological polar surface area (TPSA) is 95.6 Å². The fraction of sp³-hybridized carbons (Fsp3) is 0.0833. The largest absolute Gasteiger partial charge is 0.332 e. The van der Waals surface area contributed by atoms with E-state index >= 15 is 0 Å². The number of hydrogen-bond acceptors (Lipinski definition) is 4. The van der Waals surface area contributed by atoms with E-state index in [1.165, 1.54) is 48.3 Å². The summed E-state index contributed by atoms with van der Waals surface area (Å²) >= 11 is 5.82. The van der Waals surface area contributed by atoms with Gasteiger partial charge >= 0.3 is 0 Å². The summed E-state index contributed by atoms with van der Waals surface area (Å²) in [6.07, 6.45) is 5.37. The molecule has 0 heterocycles. The lowest BCUT2D eigenvalue weighted by atomic mass is 10.1. The second-order valence-electron chi connectivity index (χ2n) is 7.04. The minimum absolute atomic E-state index is 0.00363. The van der Waals surface area contributed by atoms with Gasteiger partial charge in [-0.15, -0.1) is 6.42 Å². The van der Waals surface area contributed by atoms with Gasteiger partial charge in [0, 0.05) is 23.3 Å². The summed E-state index contributed by atoms with van der Waals surface area (Å²) in [5, 5.41) is 3.08. The molecule has 0 radical (unpaired) electrons. The maximum Gasteiger partial charge on any atom is 0.261 e. The zero-order valence-corrected chi connectivity index (χ0v) is 19.2. The number of nitrogens with zero attached hydrogens (tertiary/aromatic N) is 1. The molecular formula is C24H20ClN3O4S. The number of rotatable bonds is 7. The second-order valence-corrected chi connectivity index (χ2v) is 9.16. The summed E-state index contributed by atoms with van der Waals surface area (Å²) in [6.45, 7) is -0.253. The molecule has 0 aliphatic rings. The Labute approximate surface area is 197 Å². The van der Waals surface area contributed by atoms with Crippen molar-refractivity contribution in [3.05, 3.63) is 88.9 Å². The third-order valence-corrected chi connectivity index (χ3v) is 6.20. The molecule has 0 unspecified atom stereocenters. The van der Waals surface area contributed by atoms with Crippen LogP contribution in [-0.4, -0.2) is 38.7 Å². The Hall–Kier alpha value is -3.80. The van der Waals surface area contributed by atoms with Crippen molar-refractivity contribution in [1.82, 2.24) is 4.90 Å². The molecule has 9 heteroatoms. The van der Waals surface area contributed by atoms with E-state index in [9.17, 15) is 18.0 Å². The molecule has 3 aromatic rings. The van der Waals surface area contributed by atoms with Crippen LogP contribution >= 0.6 is 11.6 Å². The lowest BCUT2D eigenvalue weighted by Crippen LogP contribution is -2.35. The highest BCUT2D eigenvalue weighted by Gasteiger charge is 2.21. The lowest BCUT2D eigenvalue weighted by Gasteiger charge is -2.19. The van der Waals surface area contributed by atoms with Gasteiger partial charge in [0.15, 0.2) is 0 Å². The number of halogens is 1. The molecule has 7 nitrogen and oxygen atoms in total. The molecule has 0 saturated carbocycles. The number of hydrogen-bond donors (Lipinski definition) is 2. The number of likely N-dealkylation sites (N-methyl/N-ethyl adjacent to an activating group) is 1. The molecule has 0 aliphatic heterocycles. The highest BCUT2D eigenvalue weighted by molar-refractivity contribution is 7.92.